The normalized spacial score (nSPS) is 19.2. The number of fused-ring (bicyclic) bond motifs is 1. The lowest BCUT2D eigenvalue weighted by Gasteiger charge is -1.93. The van der Waals surface area contributed by atoms with Gasteiger partial charge in [0.2, 0.25) is 0 Å². The van der Waals surface area contributed by atoms with Crippen molar-refractivity contribution in [1.82, 2.24) is 4.98 Å². The fraction of sp³-hybridized carbons (Fsp3) is 0.273. The van der Waals surface area contributed by atoms with Gasteiger partial charge in [0.15, 0.2) is 10.9 Å². The van der Waals surface area contributed by atoms with E-state index in [9.17, 15) is 4.79 Å². The Morgan fingerprint density at radius 3 is 3.17 bits per heavy atom. The van der Waals surface area contributed by atoms with Crippen LogP contribution < -0.4 is 4.57 Å². The van der Waals surface area contributed by atoms with E-state index in [0.717, 1.165) is 20.4 Å². The highest BCUT2D eigenvalue weighted by Gasteiger charge is 2.26. The van der Waals surface area contributed by atoms with Gasteiger partial charge in [-0.25, -0.2) is 4.79 Å². The molecule has 0 amide bonds. The largest absolute Gasteiger partial charge is 0.480 e. The van der Waals surface area contributed by atoms with Crippen molar-refractivity contribution in [3.63, 3.8) is 0 Å². The number of hydrogen-bond acceptors (Lipinski definition) is 5. The molecular weight excluding hydrogens is 270 g/mol. The number of aliphatic carboxylic acids is 1. The summed E-state index contributed by atoms with van der Waals surface area (Å²) in [5.74, 6) is -0.392. The lowest BCUT2D eigenvalue weighted by molar-refractivity contribution is -0.647. The minimum absolute atomic E-state index is 0.485. The predicted molar refractivity (Wildman–Crippen MR) is 70.1 cm³/mol. The quantitative estimate of drug-likeness (QED) is 0.654. The van der Waals surface area contributed by atoms with Gasteiger partial charge in [-0.15, -0.1) is 35.2 Å². The molecule has 0 saturated carbocycles. The predicted octanol–water partition coefficient (Wildman–Crippen LogP) is 0.868. The molecule has 0 aromatic carbocycles. The molecule has 5 nitrogen and oxygen atoms in total. The van der Waals surface area contributed by atoms with Crippen LogP contribution in [0, 0.1) is 6.20 Å². The van der Waals surface area contributed by atoms with E-state index in [1.807, 2.05) is 23.7 Å². The second-order valence-electron chi connectivity index (χ2n) is 3.83. The van der Waals surface area contributed by atoms with E-state index in [0.29, 0.717) is 5.75 Å². The maximum absolute atomic E-state index is 10.9. The van der Waals surface area contributed by atoms with Crippen molar-refractivity contribution in [2.45, 2.75) is 6.04 Å². The van der Waals surface area contributed by atoms with Crippen molar-refractivity contribution in [1.29, 1.82) is 0 Å². The smallest absolute Gasteiger partial charge is 0.329 e. The van der Waals surface area contributed by atoms with Gasteiger partial charge in [0.05, 0.1) is 0 Å². The molecule has 92 valence electrons. The summed E-state index contributed by atoms with van der Waals surface area (Å²) < 4.78 is 1.88. The van der Waals surface area contributed by atoms with Gasteiger partial charge in [-0.1, -0.05) is 0 Å². The molecule has 18 heavy (non-hydrogen) atoms. The molecule has 0 bridgehead atoms. The zero-order valence-corrected chi connectivity index (χ0v) is 11.1. The second kappa shape index (κ2) is 4.33. The Morgan fingerprint density at radius 2 is 2.50 bits per heavy atom. The fourth-order valence-corrected chi connectivity index (χ4v) is 3.75. The lowest BCUT2D eigenvalue weighted by atomic mass is 10.4. The third-order valence-electron chi connectivity index (χ3n) is 2.57. The van der Waals surface area contributed by atoms with Crippen molar-refractivity contribution >= 4 is 44.5 Å². The van der Waals surface area contributed by atoms with E-state index in [1.54, 1.807) is 0 Å². The van der Waals surface area contributed by atoms with Crippen LogP contribution in [0.3, 0.4) is 0 Å². The number of aromatic nitrogens is 2. The summed E-state index contributed by atoms with van der Waals surface area (Å²) in [7, 11) is 1.91. The summed E-state index contributed by atoms with van der Waals surface area (Å²) >= 11 is 2.96. The van der Waals surface area contributed by atoms with Gasteiger partial charge in [0.25, 0.3) is 0 Å². The van der Waals surface area contributed by atoms with E-state index in [-0.39, 0.29) is 0 Å². The minimum atomic E-state index is -0.877. The number of carboxylic acids is 1. The Balaban J connectivity index is 2.03. The number of hydrogen-bond donors (Lipinski definition) is 1. The van der Waals surface area contributed by atoms with Gasteiger partial charge < -0.3 is 5.11 Å². The molecule has 0 fully saturated rings. The number of aliphatic imine (C=N–C) groups is 1. The van der Waals surface area contributed by atoms with Gasteiger partial charge in [0.1, 0.15) is 23.3 Å². The van der Waals surface area contributed by atoms with Crippen LogP contribution in [0.4, 0.5) is 0 Å². The number of aryl methyl sites for hydroxylation is 1. The first-order chi connectivity index (χ1) is 8.65. The first kappa shape index (κ1) is 11.6. The van der Waals surface area contributed by atoms with Gasteiger partial charge in [0, 0.05) is 11.3 Å². The van der Waals surface area contributed by atoms with E-state index in [2.05, 4.69) is 16.2 Å². The Bertz CT molecular complexity index is 665. The van der Waals surface area contributed by atoms with Crippen LogP contribution in [-0.2, 0) is 11.8 Å². The summed E-state index contributed by atoms with van der Waals surface area (Å²) in [5.41, 5.74) is 0.887. The minimum Gasteiger partial charge on any atom is -0.480 e. The van der Waals surface area contributed by atoms with Gasteiger partial charge in [-0.3, -0.25) is 14.5 Å². The topological polar surface area (TPSA) is 66.4 Å². The van der Waals surface area contributed by atoms with Crippen LogP contribution >= 0.6 is 23.1 Å². The zero-order valence-electron chi connectivity index (χ0n) is 9.45. The van der Waals surface area contributed by atoms with Gasteiger partial charge in [-0.05, 0) is 0 Å². The number of thioether (sulfide) groups is 1. The molecule has 1 unspecified atom stereocenters. The maximum Gasteiger partial charge on any atom is 0.329 e. The molecule has 3 heterocycles. The van der Waals surface area contributed by atoms with Crippen LogP contribution in [0.25, 0.3) is 10.3 Å². The van der Waals surface area contributed by atoms with Crippen molar-refractivity contribution in [2.24, 2.45) is 12.0 Å². The van der Waals surface area contributed by atoms with Crippen molar-refractivity contribution in [3.8, 4) is 0 Å². The molecule has 7 heteroatoms. The summed E-state index contributed by atoms with van der Waals surface area (Å²) in [4.78, 5) is 20.5. The first-order valence-electron chi connectivity index (χ1n) is 5.26. The molecular formula is C11H9N3O2S2. The summed E-state index contributed by atoms with van der Waals surface area (Å²) in [6, 6.07) is 3.07. The Hall–Kier alpha value is -1.47. The molecule has 1 atom stereocenters. The number of pyridine rings is 1. The van der Waals surface area contributed by atoms with Crippen LogP contribution in [-0.4, -0.2) is 32.9 Å². The Labute approximate surface area is 111 Å². The fourth-order valence-electron chi connectivity index (χ4n) is 1.67. The molecule has 2 aromatic rings. The third-order valence-corrected chi connectivity index (χ3v) is 4.91. The highest BCUT2D eigenvalue weighted by atomic mass is 32.2. The molecule has 0 radical (unpaired) electrons. The number of thiazole rings is 1. The molecule has 2 aromatic heterocycles. The number of nitrogens with zero attached hydrogens (tertiary/aromatic N) is 3. The van der Waals surface area contributed by atoms with Crippen LogP contribution in [0.1, 0.15) is 5.01 Å². The molecule has 0 aliphatic carbocycles. The van der Waals surface area contributed by atoms with E-state index >= 15 is 0 Å². The number of carboxylic acid groups (broad SMARTS) is 1. The van der Waals surface area contributed by atoms with E-state index in [1.165, 1.54) is 23.1 Å². The maximum atomic E-state index is 10.9. The molecule has 1 N–H and O–H groups in total. The third kappa shape index (κ3) is 1.89. The van der Waals surface area contributed by atoms with E-state index in [4.69, 9.17) is 5.11 Å². The number of rotatable bonds is 2. The highest BCUT2D eigenvalue weighted by molar-refractivity contribution is 8.15. The average molecular weight is 279 g/mol. The van der Waals surface area contributed by atoms with Crippen molar-refractivity contribution in [2.75, 3.05) is 5.75 Å². The standard InChI is InChI=1S/C11H9N3O2S2/c1-14-4-2-3-6-10(14)18-9(12-6)8-13-7(5-17-8)11(15)16/h2-3,7H,5H2,1H3,(H,15,16). The highest BCUT2D eigenvalue weighted by Crippen LogP contribution is 2.28. The molecule has 3 rings (SSSR count). The SMILES string of the molecule is C[n+]1[c-]ccc2nc(C3=NC(C(=O)O)CS3)sc21. The Kier molecular flexibility index (Phi) is 2.79. The summed E-state index contributed by atoms with van der Waals surface area (Å²) in [6.45, 7) is 0. The molecule has 1 aliphatic heterocycles. The van der Waals surface area contributed by atoms with Gasteiger partial charge >= 0.3 is 5.97 Å². The second-order valence-corrected chi connectivity index (χ2v) is 5.82. The lowest BCUT2D eigenvalue weighted by Crippen LogP contribution is -2.27. The monoisotopic (exact) mass is 279 g/mol. The average Bonchev–Trinajstić information content (AvgIpc) is 2.95. The molecule has 0 spiro atoms. The summed E-state index contributed by atoms with van der Waals surface area (Å²) in [6.07, 6.45) is 3.05. The molecule has 1 aliphatic rings. The van der Waals surface area contributed by atoms with Crippen LogP contribution in [0.2, 0.25) is 0 Å². The number of carbonyl (C=O) groups is 1. The summed E-state index contributed by atoms with van der Waals surface area (Å²) in [5, 5.41) is 10.4. The van der Waals surface area contributed by atoms with Crippen molar-refractivity contribution in [3.05, 3.63) is 23.3 Å². The van der Waals surface area contributed by atoms with Crippen molar-refractivity contribution < 1.29 is 14.5 Å². The van der Waals surface area contributed by atoms with E-state index < -0.39 is 12.0 Å². The Morgan fingerprint density at radius 1 is 1.67 bits per heavy atom. The van der Waals surface area contributed by atoms with Gasteiger partial charge in [-0.2, -0.15) is 0 Å². The first-order valence-corrected chi connectivity index (χ1v) is 7.06. The molecule has 0 saturated heterocycles. The zero-order chi connectivity index (χ0) is 12.7. The van der Waals surface area contributed by atoms with Crippen LogP contribution in [0.15, 0.2) is 17.1 Å². The van der Waals surface area contributed by atoms with Crippen LogP contribution in [0.5, 0.6) is 0 Å².